The summed E-state index contributed by atoms with van der Waals surface area (Å²) in [4.78, 5) is 10.8. The minimum atomic E-state index is -0.166. The Morgan fingerprint density at radius 3 is 2.36 bits per heavy atom. The van der Waals surface area contributed by atoms with Crippen molar-refractivity contribution >= 4 is 5.78 Å². The van der Waals surface area contributed by atoms with Gasteiger partial charge in [0.05, 0.1) is 11.8 Å². The Labute approximate surface area is 66.0 Å². The van der Waals surface area contributed by atoms with Gasteiger partial charge in [0, 0.05) is 12.0 Å². The second kappa shape index (κ2) is 4.51. The van der Waals surface area contributed by atoms with E-state index in [1.165, 1.54) is 13.8 Å². The van der Waals surface area contributed by atoms with Gasteiger partial charge in [-0.3, -0.25) is 4.79 Å². The minimum Gasteiger partial charge on any atom is -0.512 e. The van der Waals surface area contributed by atoms with Crippen LogP contribution in [0.1, 0.15) is 26.7 Å². The number of ketones is 1. The maximum atomic E-state index is 10.8. The molecule has 0 amide bonds. The van der Waals surface area contributed by atoms with E-state index in [-0.39, 0.29) is 18.0 Å². The lowest BCUT2D eigenvalue weighted by Crippen LogP contribution is -1.99. The largest absolute Gasteiger partial charge is 0.512 e. The van der Waals surface area contributed by atoms with Gasteiger partial charge in [-0.25, -0.2) is 0 Å². The number of nitrogens with zero attached hydrogens (tertiary/aromatic N) is 1. The molecule has 0 saturated carbocycles. The highest BCUT2D eigenvalue weighted by atomic mass is 16.3. The van der Waals surface area contributed by atoms with Crippen LogP contribution in [0.5, 0.6) is 0 Å². The Balaban J connectivity index is 4.29. The van der Waals surface area contributed by atoms with Gasteiger partial charge >= 0.3 is 0 Å². The maximum Gasteiger partial charge on any atom is 0.159 e. The van der Waals surface area contributed by atoms with E-state index < -0.39 is 0 Å². The number of Topliss-reactive ketones (excluding diaryl/α,β-unsaturated/α-hetero) is 1. The molecule has 0 aromatic rings. The topological polar surface area (TPSA) is 61.1 Å². The summed E-state index contributed by atoms with van der Waals surface area (Å²) >= 11 is 0. The molecule has 0 rings (SSSR count). The van der Waals surface area contributed by atoms with Crippen LogP contribution in [0, 0.1) is 11.3 Å². The van der Waals surface area contributed by atoms with Crippen LogP contribution in [0.25, 0.3) is 0 Å². The Bertz CT molecular complexity index is 219. The lowest BCUT2D eigenvalue weighted by atomic mass is 10.1. The van der Waals surface area contributed by atoms with E-state index in [0.29, 0.717) is 12.0 Å². The third-order valence-corrected chi connectivity index (χ3v) is 1.35. The second-order valence-electron chi connectivity index (χ2n) is 2.28. The van der Waals surface area contributed by atoms with Gasteiger partial charge in [-0.2, -0.15) is 5.26 Å². The van der Waals surface area contributed by atoms with Crippen LogP contribution >= 0.6 is 0 Å². The third kappa shape index (κ3) is 3.41. The van der Waals surface area contributed by atoms with Crippen molar-refractivity contribution in [2.45, 2.75) is 26.7 Å². The lowest BCUT2D eigenvalue weighted by molar-refractivity contribution is -0.113. The molecule has 0 atom stereocenters. The number of aliphatic hydroxyl groups is 1. The normalized spacial score (nSPS) is 11.7. The van der Waals surface area contributed by atoms with Gasteiger partial charge in [0.15, 0.2) is 5.78 Å². The zero-order valence-corrected chi connectivity index (χ0v) is 6.72. The van der Waals surface area contributed by atoms with Gasteiger partial charge < -0.3 is 5.11 Å². The number of carbonyl (C=O) groups excluding carboxylic acids is 1. The van der Waals surface area contributed by atoms with E-state index in [9.17, 15) is 4.79 Å². The van der Waals surface area contributed by atoms with Crippen molar-refractivity contribution in [2.24, 2.45) is 0 Å². The van der Waals surface area contributed by atoms with E-state index in [0.717, 1.165) is 0 Å². The molecule has 1 N–H and O–H groups in total. The summed E-state index contributed by atoms with van der Waals surface area (Å²) in [5.41, 5.74) is 0.353. The molecule has 0 saturated heterocycles. The molecule has 0 unspecified atom stereocenters. The minimum absolute atomic E-state index is 0.0211. The summed E-state index contributed by atoms with van der Waals surface area (Å²) in [6.07, 6.45) is 0.612. The first-order valence-corrected chi connectivity index (χ1v) is 3.36. The van der Waals surface area contributed by atoms with Gasteiger partial charge in [0.2, 0.25) is 0 Å². The number of carbonyl (C=O) groups is 1. The van der Waals surface area contributed by atoms with Crippen LogP contribution in [0.2, 0.25) is 0 Å². The molecule has 0 aliphatic rings. The first-order chi connectivity index (χ1) is 5.09. The zero-order valence-electron chi connectivity index (χ0n) is 6.72. The molecule has 0 spiro atoms. The fourth-order valence-electron chi connectivity index (χ4n) is 0.793. The molecule has 0 aromatic carbocycles. The van der Waals surface area contributed by atoms with E-state index >= 15 is 0 Å². The Hall–Kier alpha value is -1.30. The van der Waals surface area contributed by atoms with Crippen molar-refractivity contribution in [1.82, 2.24) is 0 Å². The monoisotopic (exact) mass is 153 g/mol. The maximum absolute atomic E-state index is 10.8. The molecule has 3 nitrogen and oxygen atoms in total. The van der Waals surface area contributed by atoms with Crippen LogP contribution in [-0.2, 0) is 4.79 Å². The van der Waals surface area contributed by atoms with Crippen molar-refractivity contribution in [3.8, 4) is 6.07 Å². The first kappa shape index (κ1) is 9.70. The molecule has 3 heteroatoms. The quantitative estimate of drug-likeness (QED) is 0.496. The second-order valence-corrected chi connectivity index (χ2v) is 2.28. The van der Waals surface area contributed by atoms with E-state index in [1.54, 1.807) is 0 Å². The van der Waals surface area contributed by atoms with Gasteiger partial charge in [-0.05, 0) is 20.3 Å². The molecule has 0 aliphatic heterocycles. The molecular weight excluding hydrogens is 142 g/mol. The van der Waals surface area contributed by atoms with Crippen LogP contribution < -0.4 is 0 Å². The third-order valence-electron chi connectivity index (χ3n) is 1.35. The Kier molecular flexibility index (Phi) is 3.97. The summed E-state index contributed by atoms with van der Waals surface area (Å²) in [5.74, 6) is -0.145. The lowest BCUT2D eigenvalue weighted by Gasteiger charge is -2.00. The highest BCUT2D eigenvalue weighted by Crippen LogP contribution is 2.09. The molecule has 0 bridgehead atoms. The predicted molar refractivity (Wildman–Crippen MR) is 40.9 cm³/mol. The average molecular weight is 153 g/mol. The van der Waals surface area contributed by atoms with Gasteiger partial charge in [0.1, 0.15) is 0 Å². The van der Waals surface area contributed by atoms with Crippen LogP contribution in [0.3, 0.4) is 0 Å². The van der Waals surface area contributed by atoms with Crippen molar-refractivity contribution in [3.05, 3.63) is 11.3 Å². The van der Waals surface area contributed by atoms with Crippen molar-refractivity contribution in [1.29, 1.82) is 5.26 Å². The van der Waals surface area contributed by atoms with E-state index in [1.807, 2.05) is 6.07 Å². The summed E-state index contributed by atoms with van der Waals surface area (Å²) in [6.45, 7) is 2.83. The van der Waals surface area contributed by atoms with Gasteiger partial charge in [-0.15, -0.1) is 0 Å². The first-order valence-electron chi connectivity index (χ1n) is 3.36. The standard InChI is InChI=1S/C8H11NO2/c1-6(10)8(7(2)11)4-3-5-9/h10H,3-4H2,1-2H3. The van der Waals surface area contributed by atoms with Crippen molar-refractivity contribution in [3.63, 3.8) is 0 Å². The van der Waals surface area contributed by atoms with Crippen LogP contribution in [0.4, 0.5) is 0 Å². The highest BCUT2D eigenvalue weighted by molar-refractivity contribution is 5.93. The molecule has 60 valence electrons. The van der Waals surface area contributed by atoms with Crippen molar-refractivity contribution in [2.75, 3.05) is 0 Å². The molecule has 0 aliphatic carbocycles. The highest BCUT2D eigenvalue weighted by Gasteiger charge is 2.06. The van der Waals surface area contributed by atoms with E-state index in [2.05, 4.69) is 0 Å². The summed E-state index contributed by atoms with van der Waals surface area (Å²) in [7, 11) is 0. The van der Waals surface area contributed by atoms with Gasteiger partial charge in [-0.1, -0.05) is 0 Å². The molecule has 0 fully saturated rings. The summed E-state index contributed by atoms with van der Waals surface area (Å²) in [5, 5.41) is 17.2. The summed E-state index contributed by atoms with van der Waals surface area (Å²) < 4.78 is 0. The van der Waals surface area contributed by atoms with E-state index in [4.69, 9.17) is 10.4 Å². The molecular formula is C8H11NO2. The van der Waals surface area contributed by atoms with Crippen molar-refractivity contribution < 1.29 is 9.90 Å². The number of hydrogen-bond donors (Lipinski definition) is 1. The molecule has 0 aromatic heterocycles. The Morgan fingerprint density at radius 2 is 2.09 bits per heavy atom. The number of allylic oxidation sites excluding steroid dienone is 2. The zero-order chi connectivity index (χ0) is 8.85. The van der Waals surface area contributed by atoms with Crippen LogP contribution in [0.15, 0.2) is 11.3 Å². The Morgan fingerprint density at radius 1 is 1.55 bits per heavy atom. The smallest absolute Gasteiger partial charge is 0.159 e. The molecule has 0 radical (unpaired) electrons. The molecule has 11 heavy (non-hydrogen) atoms. The number of hydrogen-bond acceptors (Lipinski definition) is 3. The predicted octanol–water partition coefficient (Wildman–Crippen LogP) is 1.71. The fourth-order valence-corrected chi connectivity index (χ4v) is 0.793. The molecule has 0 heterocycles. The SMILES string of the molecule is CC(=O)C(CCC#N)=C(C)O. The van der Waals surface area contributed by atoms with Crippen LogP contribution in [-0.4, -0.2) is 10.9 Å². The summed E-state index contributed by atoms with van der Waals surface area (Å²) in [6, 6.07) is 1.91. The number of nitriles is 1. The number of rotatable bonds is 3. The fraction of sp³-hybridized carbons (Fsp3) is 0.500. The average Bonchev–Trinajstić information content (AvgIpc) is 1.87. The number of aliphatic hydroxyl groups excluding tert-OH is 1. The van der Waals surface area contributed by atoms with Gasteiger partial charge in [0.25, 0.3) is 0 Å².